The van der Waals surface area contributed by atoms with Crippen LogP contribution >= 0.6 is 0 Å². The fourth-order valence-corrected chi connectivity index (χ4v) is 7.73. The van der Waals surface area contributed by atoms with Crippen LogP contribution in [0.5, 0.6) is 0 Å². The van der Waals surface area contributed by atoms with Crippen molar-refractivity contribution in [3.8, 4) is 11.1 Å². The SMILES string of the molecule is C/C(=C\C(=N/Cn1c2ccccc2c2c3c(ccc21)C(C)(C)c1ccccc1-3)c1ccc2c(c1)oc1ccccc12)c1ccccc1. The number of fused-ring (bicyclic) bond motifs is 10. The van der Waals surface area contributed by atoms with Gasteiger partial charge in [0.15, 0.2) is 0 Å². The molecule has 0 saturated carbocycles. The minimum atomic E-state index is -0.0519. The van der Waals surface area contributed by atoms with E-state index < -0.39 is 0 Å². The second-order valence-corrected chi connectivity index (χ2v) is 13.2. The van der Waals surface area contributed by atoms with Crippen LogP contribution in [-0.4, -0.2) is 10.3 Å². The highest BCUT2D eigenvalue weighted by molar-refractivity contribution is 6.18. The lowest BCUT2D eigenvalue weighted by atomic mass is 9.82. The topological polar surface area (TPSA) is 30.4 Å². The van der Waals surface area contributed by atoms with E-state index in [4.69, 9.17) is 9.41 Å². The van der Waals surface area contributed by atoms with Crippen LogP contribution in [0.15, 0.2) is 149 Å². The molecule has 0 radical (unpaired) electrons. The molecule has 0 bridgehead atoms. The molecular formula is C44H34N2O. The number of para-hydroxylation sites is 2. The Labute approximate surface area is 274 Å². The predicted octanol–water partition coefficient (Wildman–Crippen LogP) is 11.6. The predicted molar refractivity (Wildman–Crippen MR) is 197 cm³/mol. The van der Waals surface area contributed by atoms with Gasteiger partial charge in [0, 0.05) is 32.5 Å². The maximum absolute atomic E-state index is 6.31. The third-order valence-corrected chi connectivity index (χ3v) is 10.1. The number of benzene rings is 6. The molecule has 226 valence electrons. The maximum Gasteiger partial charge on any atom is 0.136 e. The molecule has 8 aromatic rings. The first kappa shape index (κ1) is 27.6. The highest BCUT2D eigenvalue weighted by Gasteiger charge is 2.37. The van der Waals surface area contributed by atoms with Crippen LogP contribution in [0, 0.1) is 0 Å². The van der Waals surface area contributed by atoms with Gasteiger partial charge >= 0.3 is 0 Å². The summed E-state index contributed by atoms with van der Waals surface area (Å²) in [4.78, 5) is 5.39. The second-order valence-electron chi connectivity index (χ2n) is 13.2. The summed E-state index contributed by atoms with van der Waals surface area (Å²) in [5, 5.41) is 4.83. The van der Waals surface area contributed by atoms with Crippen molar-refractivity contribution in [3.05, 3.63) is 162 Å². The van der Waals surface area contributed by atoms with Gasteiger partial charge < -0.3 is 8.98 Å². The molecule has 0 spiro atoms. The van der Waals surface area contributed by atoms with Gasteiger partial charge in [0.05, 0.1) is 16.7 Å². The molecule has 0 aliphatic heterocycles. The van der Waals surface area contributed by atoms with E-state index >= 15 is 0 Å². The molecule has 0 unspecified atom stereocenters. The molecule has 1 aliphatic carbocycles. The van der Waals surface area contributed by atoms with Crippen LogP contribution in [0.3, 0.4) is 0 Å². The molecule has 1 aliphatic rings. The van der Waals surface area contributed by atoms with Crippen LogP contribution in [0.4, 0.5) is 0 Å². The van der Waals surface area contributed by atoms with E-state index in [1.54, 1.807) is 0 Å². The normalized spacial score (nSPS) is 14.4. The number of aromatic nitrogens is 1. The zero-order chi connectivity index (χ0) is 31.7. The van der Waals surface area contributed by atoms with Crippen LogP contribution in [-0.2, 0) is 12.1 Å². The highest BCUT2D eigenvalue weighted by Crippen LogP contribution is 2.52. The summed E-state index contributed by atoms with van der Waals surface area (Å²) >= 11 is 0. The Morgan fingerprint density at radius 2 is 1.38 bits per heavy atom. The van der Waals surface area contributed by atoms with Crippen molar-refractivity contribution in [2.45, 2.75) is 32.9 Å². The molecule has 0 fully saturated rings. The first-order chi connectivity index (χ1) is 23.0. The quantitative estimate of drug-likeness (QED) is 0.179. The van der Waals surface area contributed by atoms with Gasteiger partial charge in [-0.25, -0.2) is 0 Å². The number of rotatable bonds is 5. The second kappa shape index (κ2) is 10.4. The zero-order valence-electron chi connectivity index (χ0n) is 26.8. The average Bonchev–Trinajstić information content (AvgIpc) is 3.72. The summed E-state index contributed by atoms with van der Waals surface area (Å²) in [5.41, 5.74) is 13.9. The third-order valence-electron chi connectivity index (χ3n) is 10.1. The van der Waals surface area contributed by atoms with Crippen molar-refractivity contribution in [1.82, 2.24) is 4.57 Å². The number of aliphatic imine (C=N–C) groups is 1. The minimum Gasteiger partial charge on any atom is -0.456 e. The number of nitrogens with zero attached hydrogens (tertiary/aromatic N) is 2. The molecule has 0 saturated heterocycles. The number of hydrogen-bond acceptors (Lipinski definition) is 2. The molecule has 2 aromatic heterocycles. The van der Waals surface area contributed by atoms with E-state index in [1.165, 1.54) is 49.6 Å². The van der Waals surface area contributed by atoms with E-state index in [9.17, 15) is 0 Å². The van der Waals surface area contributed by atoms with E-state index in [0.717, 1.165) is 38.8 Å². The molecule has 6 aromatic carbocycles. The maximum atomic E-state index is 6.31. The average molecular weight is 607 g/mol. The van der Waals surface area contributed by atoms with Crippen molar-refractivity contribution in [1.29, 1.82) is 0 Å². The molecule has 9 rings (SSSR count). The van der Waals surface area contributed by atoms with Crippen molar-refractivity contribution >= 4 is 55.0 Å². The lowest BCUT2D eigenvalue weighted by Crippen LogP contribution is -2.14. The van der Waals surface area contributed by atoms with Crippen molar-refractivity contribution in [2.75, 3.05) is 0 Å². The summed E-state index contributed by atoms with van der Waals surface area (Å²) in [7, 11) is 0. The van der Waals surface area contributed by atoms with Gasteiger partial charge in [0.1, 0.15) is 17.8 Å². The molecular weight excluding hydrogens is 572 g/mol. The summed E-state index contributed by atoms with van der Waals surface area (Å²) in [6, 6.07) is 47.6. The molecule has 3 nitrogen and oxygen atoms in total. The van der Waals surface area contributed by atoms with Crippen LogP contribution in [0.2, 0.25) is 0 Å². The number of furan rings is 1. The molecule has 0 N–H and O–H groups in total. The summed E-state index contributed by atoms with van der Waals surface area (Å²) < 4.78 is 8.69. The lowest BCUT2D eigenvalue weighted by molar-refractivity contribution is 0.660. The Morgan fingerprint density at radius 1 is 0.660 bits per heavy atom. The summed E-state index contributed by atoms with van der Waals surface area (Å²) in [6.07, 6.45) is 2.21. The monoisotopic (exact) mass is 606 g/mol. The van der Waals surface area contributed by atoms with E-state index in [1.807, 2.05) is 12.1 Å². The van der Waals surface area contributed by atoms with Gasteiger partial charge in [0.2, 0.25) is 0 Å². The van der Waals surface area contributed by atoms with Crippen LogP contribution in [0.1, 0.15) is 43.0 Å². The first-order valence-electron chi connectivity index (χ1n) is 16.3. The Kier molecular flexibility index (Phi) is 6.13. The van der Waals surface area contributed by atoms with Crippen molar-refractivity contribution < 1.29 is 4.42 Å². The van der Waals surface area contributed by atoms with E-state index in [2.05, 4.69) is 153 Å². The smallest absolute Gasteiger partial charge is 0.136 e. The largest absolute Gasteiger partial charge is 0.456 e. The van der Waals surface area contributed by atoms with E-state index in [0.29, 0.717) is 6.67 Å². The van der Waals surface area contributed by atoms with Gasteiger partial charge in [-0.15, -0.1) is 0 Å². The lowest BCUT2D eigenvalue weighted by Gasteiger charge is -2.21. The molecule has 0 atom stereocenters. The standard InChI is InChI=1S/C44H34N2O/c1-28(29-13-5-4-6-14-29)25-37(30-21-22-32-31-15-9-12-20-40(31)47-41(32)26-30)45-27-46-38-19-11-8-17-34(38)43-39(46)24-23-36-42(43)33-16-7-10-18-35(33)44(36,2)3/h4-26H,27H2,1-3H3/b28-25+,45-37+. The van der Waals surface area contributed by atoms with Gasteiger partial charge in [0.25, 0.3) is 0 Å². The van der Waals surface area contributed by atoms with Crippen molar-refractivity contribution in [2.24, 2.45) is 4.99 Å². The Hall–Kier alpha value is -5.67. The van der Waals surface area contributed by atoms with Crippen LogP contribution in [0.25, 0.3) is 60.4 Å². The van der Waals surface area contributed by atoms with Gasteiger partial charge in [-0.3, -0.25) is 4.99 Å². The third kappa shape index (κ3) is 4.23. The minimum absolute atomic E-state index is 0.0519. The van der Waals surface area contributed by atoms with Gasteiger partial charge in [-0.2, -0.15) is 0 Å². The number of allylic oxidation sites excluding steroid dienone is 2. The summed E-state index contributed by atoms with van der Waals surface area (Å²) in [5.74, 6) is 0. The fourth-order valence-electron chi connectivity index (χ4n) is 7.73. The molecule has 2 heterocycles. The van der Waals surface area contributed by atoms with Gasteiger partial charge in [-0.1, -0.05) is 117 Å². The van der Waals surface area contributed by atoms with Gasteiger partial charge in [-0.05, 0) is 76.7 Å². The first-order valence-corrected chi connectivity index (χ1v) is 16.3. The molecule has 3 heteroatoms. The Morgan fingerprint density at radius 3 is 2.26 bits per heavy atom. The molecule has 47 heavy (non-hydrogen) atoms. The van der Waals surface area contributed by atoms with Crippen molar-refractivity contribution in [3.63, 3.8) is 0 Å². The zero-order valence-corrected chi connectivity index (χ0v) is 26.8. The Balaban J connectivity index is 1.24. The summed E-state index contributed by atoms with van der Waals surface area (Å²) in [6.45, 7) is 7.34. The highest BCUT2D eigenvalue weighted by atomic mass is 16.3. The molecule has 0 amide bonds. The van der Waals surface area contributed by atoms with Crippen LogP contribution < -0.4 is 0 Å². The number of hydrogen-bond donors (Lipinski definition) is 0. The Bertz CT molecular complexity index is 2580. The van der Waals surface area contributed by atoms with E-state index in [-0.39, 0.29) is 5.41 Å². The fraction of sp³-hybridized carbons (Fsp3) is 0.114.